The summed E-state index contributed by atoms with van der Waals surface area (Å²) in [6, 6.07) is 13.9. The van der Waals surface area contributed by atoms with Crippen molar-refractivity contribution in [2.45, 2.75) is 38.5 Å². The van der Waals surface area contributed by atoms with Crippen molar-refractivity contribution >= 4 is 16.8 Å². The van der Waals surface area contributed by atoms with Crippen LogP contribution in [0, 0.1) is 11.8 Å². The molecule has 1 aromatic carbocycles. The predicted octanol–water partition coefficient (Wildman–Crippen LogP) is 4.20. The van der Waals surface area contributed by atoms with Crippen LogP contribution in [0.25, 0.3) is 33.4 Å². The maximum absolute atomic E-state index is 12.5. The molecule has 0 bridgehead atoms. The molecule has 1 aliphatic rings. The van der Waals surface area contributed by atoms with Gasteiger partial charge in [0.2, 0.25) is 5.91 Å². The summed E-state index contributed by atoms with van der Waals surface area (Å²) in [5.41, 5.74) is 10.5. The number of primary amides is 1. The lowest BCUT2D eigenvalue weighted by Gasteiger charge is -2.18. The van der Waals surface area contributed by atoms with Crippen molar-refractivity contribution in [3.63, 3.8) is 0 Å². The number of benzene rings is 1. The second-order valence-electron chi connectivity index (χ2n) is 9.03. The van der Waals surface area contributed by atoms with Gasteiger partial charge in [-0.05, 0) is 61.1 Å². The topological polar surface area (TPSA) is 118 Å². The van der Waals surface area contributed by atoms with Crippen molar-refractivity contribution in [2.75, 3.05) is 0 Å². The highest BCUT2D eigenvalue weighted by Gasteiger charge is 2.24. The number of aromatic nitrogens is 4. The molecule has 5 rings (SSSR count). The number of nitrogens with one attached hydrogen (secondary N) is 2. The van der Waals surface area contributed by atoms with Crippen LogP contribution in [0.3, 0.4) is 0 Å². The second-order valence-corrected chi connectivity index (χ2v) is 9.03. The first-order valence-corrected chi connectivity index (χ1v) is 11.5. The van der Waals surface area contributed by atoms with E-state index in [1.54, 1.807) is 18.5 Å². The Morgan fingerprint density at radius 2 is 1.88 bits per heavy atom. The van der Waals surface area contributed by atoms with Gasteiger partial charge in [-0.25, -0.2) is 5.10 Å². The van der Waals surface area contributed by atoms with Crippen molar-refractivity contribution < 1.29 is 4.79 Å². The van der Waals surface area contributed by atoms with Gasteiger partial charge in [-0.1, -0.05) is 31.4 Å². The molecule has 4 N–H and O–H groups in total. The van der Waals surface area contributed by atoms with Crippen LogP contribution >= 0.6 is 0 Å². The largest absolute Gasteiger partial charge is 0.369 e. The number of pyridine rings is 1. The fourth-order valence-electron chi connectivity index (χ4n) is 4.96. The summed E-state index contributed by atoms with van der Waals surface area (Å²) >= 11 is 0. The molecule has 0 radical (unpaired) electrons. The van der Waals surface area contributed by atoms with Crippen LogP contribution in [-0.4, -0.2) is 26.1 Å². The highest BCUT2D eigenvalue weighted by molar-refractivity contribution is 5.86. The van der Waals surface area contributed by atoms with Crippen LogP contribution in [0.1, 0.15) is 37.7 Å². The molecule has 1 unspecified atom stereocenters. The number of hydrogen-bond acceptors (Lipinski definition) is 4. The SMILES string of the molecule is NC(=O)[C@@H]1CCCCC(Cc2ccc3cc(-c4cc(-c5ccncc5)n[nH]c4=O)[nH]c3c2)C1. The highest BCUT2D eigenvalue weighted by Crippen LogP contribution is 2.31. The van der Waals surface area contributed by atoms with E-state index < -0.39 is 0 Å². The Labute approximate surface area is 191 Å². The molecule has 2 atom stereocenters. The normalized spacial score (nSPS) is 18.8. The average Bonchev–Trinajstić information content (AvgIpc) is 3.10. The van der Waals surface area contributed by atoms with Gasteiger partial charge >= 0.3 is 0 Å². The Morgan fingerprint density at radius 3 is 2.70 bits per heavy atom. The molecule has 0 spiro atoms. The van der Waals surface area contributed by atoms with Crippen molar-refractivity contribution in [2.24, 2.45) is 17.6 Å². The number of nitrogens with two attached hydrogens (primary N) is 1. The molecule has 7 nitrogen and oxygen atoms in total. The van der Waals surface area contributed by atoms with E-state index in [0.29, 0.717) is 17.2 Å². The quantitative estimate of drug-likeness (QED) is 0.402. The lowest BCUT2D eigenvalue weighted by molar-refractivity contribution is -0.122. The highest BCUT2D eigenvalue weighted by atomic mass is 16.1. The molecule has 3 aromatic heterocycles. The zero-order valence-corrected chi connectivity index (χ0v) is 18.4. The second kappa shape index (κ2) is 9.02. The van der Waals surface area contributed by atoms with Gasteiger partial charge in [-0.3, -0.25) is 14.6 Å². The summed E-state index contributed by atoms with van der Waals surface area (Å²) in [7, 11) is 0. The van der Waals surface area contributed by atoms with Gasteiger partial charge in [-0.2, -0.15) is 5.10 Å². The summed E-state index contributed by atoms with van der Waals surface area (Å²) in [4.78, 5) is 31.7. The Hall–Kier alpha value is -3.74. The van der Waals surface area contributed by atoms with Crippen LogP contribution in [0.5, 0.6) is 0 Å². The van der Waals surface area contributed by atoms with Gasteiger partial charge in [0.25, 0.3) is 5.56 Å². The van der Waals surface area contributed by atoms with E-state index in [-0.39, 0.29) is 17.4 Å². The molecule has 33 heavy (non-hydrogen) atoms. The molecule has 4 aromatic rings. The predicted molar refractivity (Wildman–Crippen MR) is 128 cm³/mol. The molecular weight excluding hydrogens is 414 g/mol. The third-order valence-corrected chi connectivity index (χ3v) is 6.72. The fraction of sp³-hybridized carbons (Fsp3) is 0.308. The number of fused-ring (bicyclic) bond motifs is 1. The van der Waals surface area contributed by atoms with Crippen LogP contribution in [-0.2, 0) is 11.2 Å². The number of carbonyl (C=O) groups is 1. The maximum Gasteiger partial charge on any atom is 0.273 e. The Balaban J connectivity index is 1.42. The number of rotatable bonds is 5. The number of amides is 1. The minimum absolute atomic E-state index is 0.00803. The van der Waals surface area contributed by atoms with E-state index in [1.165, 1.54) is 5.56 Å². The zero-order chi connectivity index (χ0) is 22.8. The number of nitrogens with zero attached hydrogens (tertiary/aromatic N) is 2. The van der Waals surface area contributed by atoms with Crippen LogP contribution < -0.4 is 11.3 Å². The first-order chi connectivity index (χ1) is 16.1. The van der Waals surface area contributed by atoms with E-state index in [2.05, 4.69) is 38.4 Å². The van der Waals surface area contributed by atoms with E-state index >= 15 is 0 Å². The minimum Gasteiger partial charge on any atom is -0.369 e. The minimum atomic E-state index is -0.240. The summed E-state index contributed by atoms with van der Waals surface area (Å²) in [6.45, 7) is 0. The first-order valence-electron chi connectivity index (χ1n) is 11.5. The standard InChI is InChI=1S/C26H27N5O2/c27-25(32)20-4-2-1-3-16(12-20)11-17-5-6-19-14-24(29-22(19)13-17)21-15-23(30-31-26(21)33)18-7-9-28-10-8-18/h5-10,13-16,20,29H,1-4,11-12H2,(H2,27,32)(H,31,33)/t16?,20-/m1/s1. The number of aromatic amines is 2. The molecule has 7 heteroatoms. The van der Waals surface area contributed by atoms with Crippen molar-refractivity contribution in [3.05, 3.63) is 70.8 Å². The third kappa shape index (κ3) is 4.58. The molecular formula is C26H27N5O2. The Morgan fingerprint density at radius 1 is 1.06 bits per heavy atom. The van der Waals surface area contributed by atoms with Gasteiger partial charge in [0.15, 0.2) is 0 Å². The molecule has 0 aliphatic heterocycles. The van der Waals surface area contributed by atoms with Crippen molar-refractivity contribution in [1.82, 2.24) is 20.2 Å². The monoisotopic (exact) mass is 441 g/mol. The summed E-state index contributed by atoms with van der Waals surface area (Å²) in [5, 5.41) is 7.84. The fourth-order valence-corrected chi connectivity index (χ4v) is 4.96. The number of hydrogen-bond donors (Lipinski definition) is 3. The van der Waals surface area contributed by atoms with E-state index in [4.69, 9.17) is 5.73 Å². The van der Waals surface area contributed by atoms with Gasteiger partial charge in [0.1, 0.15) is 0 Å². The summed E-state index contributed by atoms with van der Waals surface area (Å²) < 4.78 is 0. The van der Waals surface area contributed by atoms with E-state index in [9.17, 15) is 9.59 Å². The molecule has 1 fully saturated rings. The zero-order valence-electron chi connectivity index (χ0n) is 18.4. The molecule has 1 saturated carbocycles. The lowest BCUT2D eigenvalue weighted by atomic mass is 9.88. The van der Waals surface area contributed by atoms with Gasteiger partial charge < -0.3 is 10.7 Å². The Kier molecular flexibility index (Phi) is 5.77. The molecule has 3 heterocycles. The van der Waals surface area contributed by atoms with Gasteiger partial charge in [0.05, 0.1) is 17.0 Å². The van der Waals surface area contributed by atoms with Gasteiger partial charge in [0, 0.05) is 34.8 Å². The molecule has 1 aliphatic carbocycles. The van der Waals surface area contributed by atoms with Crippen molar-refractivity contribution in [3.8, 4) is 22.5 Å². The van der Waals surface area contributed by atoms with Crippen LogP contribution in [0.2, 0.25) is 0 Å². The number of carbonyl (C=O) groups excluding carboxylic acids is 1. The Bertz CT molecular complexity index is 1340. The van der Waals surface area contributed by atoms with Crippen LogP contribution in [0.15, 0.2) is 59.7 Å². The molecule has 1 amide bonds. The first kappa shape index (κ1) is 21.1. The third-order valence-electron chi connectivity index (χ3n) is 6.72. The molecule has 168 valence electrons. The lowest BCUT2D eigenvalue weighted by Crippen LogP contribution is -2.24. The average molecular weight is 442 g/mol. The summed E-state index contributed by atoms with van der Waals surface area (Å²) in [6.07, 6.45) is 9.45. The van der Waals surface area contributed by atoms with E-state index in [0.717, 1.165) is 60.7 Å². The van der Waals surface area contributed by atoms with Crippen molar-refractivity contribution in [1.29, 1.82) is 0 Å². The molecule has 0 saturated heterocycles. The summed E-state index contributed by atoms with van der Waals surface area (Å²) in [5.74, 6) is 0.286. The van der Waals surface area contributed by atoms with Gasteiger partial charge in [-0.15, -0.1) is 0 Å². The van der Waals surface area contributed by atoms with Crippen LogP contribution in [0.4, 0.5) is 0 Å². The number of H-pyrrole nitrogens is 2. The van der Waals surface area contributed by atoms with E-state index in [1.807, 2.05) is 18.2 Å². The smallest absolute Gasteiger partial charge is 0.273 e. The maximum atomic E-state index is 12.5.